The number of hydrogen-bond donors (Lipinski definition) is 1. The van der Waals surface area contributed by atoms with Crippen molar-refractivity contribution in [3.63, 3.8) is 0 Å². The van der Waals surface area contributed by atoms with Crippen LogP contribution in [0.15, 0.2) is 46.9 Å². The summed E-state index contributed by atoms with van der Waals surface area (Å²) >= 11 is 3.33. The Morgan fingerprint density at radius 1 is 1.08 bits per heavy atom. The van der Waals surface area contributed by atoms with E-state index in [1.54, 1.807) is 24.3 Å². The molecule has 0 aliphatic heterocycles. The van der Waals surface area contributed by atoms with Crippen LogP contribution in [-0.2, 0) is 22.4 Å². The first-order chi connectivity index (χ1) is 11.5. The van der Waals surface area contributed by atoms with Crippen LogP contribution in [0.5, 0.6) is 0 Å². The second-order valence-corrected chi connectivity index (χ2v) is 6.35. The van der Waals surface area contributed by atoms with Crippen molar-refractivity contribution in [3.05, 3.63) is 69.2 Å². The molecule has 1 unspecified atom stereocenters. The lowest BCUT2D eigenvalue weighted by atomic mass is 10.00. The summed E-state index contributed by atoms with van der Waals surface area (Å²) in [6, 6.07) is 12.5. The number of carbonyl (C=O) groups is 2. The molecule has 0 aliphatic rings. The number of esters is 1. The van der Waals surface area contributed by atoms with E-state index in [0.29, 0.717) is 11.1 Å². The van der Waals surface area contributed by atoms with Crippen LogP contribution in [0.4, 0.5) is 0 Å². The Balaban J connectivity index is 2.27. The molecule has 0 bridgehead atoms. The zero-order chi connectivity index (χ0) is 17.7. The van der Waals surface area contributed by atoms with Gasteiger partial charge in [0.15, 0.2) is 0 Å². The maximum atomic E-state index is 12.4. The van der Waals surface area contributed by atoms with E-state index in [2.05, 4.69) is 22.9 Å². The number of nitrogens with two attached hydrogens (primary N) is 1. The minimum atomic E-state index is -1.12. The summed E-state index contributed by atoms with van der Waals surface area (Å²) in [5.41, 5.74) is 8.67. The molecule has 0 aliphatic carbocycles. The van der Waals surface area contributed by atoms with Gasteiger partial charge in [0, 0.05) is 10.0 Å². The number of hydrogen-bond acceptors (Lipinski definition) is 3. The molecule has 0 spiro atoms. The quantitative estimate of drug-likeness (QED) is 0.760. The Morgan fingerprint density at radius 2 is 1.79 bits per heavy atom. The highest BCUT2D eigenvalue weighted by molar-refractivity contribution is 9.10. The normalized spacial score (nSPS) is 11.8. The van der Waals surface area contributed by atoms with Crippen LogP contribution in [-0.4, -0.2) is 11.9 Å². The lowest BCUT2D eigenvalue weighted by Crippen LogP contribution is -2.26. The number of benzene rings is 2. The molecule has 24 heavy (non-hydrogen) atoms. The van der Waals surface area contributed by atoms with Crippen molar-refractivity contribution in [2.45, 2.75) is 32.8 Å². The molecular formula is C19H20BrNO3. The monoisotopic (exact) mass is 389 g/mol. The SMILES string of the molecule is CCc1ccc(C(=O)OC(C(N)=O)c2cccc(Br)c2)cc1CC. The Bertz CT molecular complexity index is 758. The third kappa shape index (κ3) is 4.23. The summed E-state index contributed by atoms with van der Waals surface area (Å²) in [6.45, 7) is 4.11. The molecule has 1 atom stereocenters. The average Bonchev–Trinajstić information content (AvgIpc) is 2.58. The standard InChI is InChI=1S/C19H20BrNO3/c1-3-12-8-9-15(10-13(12)4-2)19(23)24-17(18(21)22)14-6-5-7-16(20)11-14/h5-11,17H,3-4H2,1-2H3,(H2,21,22). The third-order valence-corrected chi connectivity index (χ3v) is 4.33. The van der Waals surface area contributed by atoms with Gasteiger partial charge in [-0.1, -0.05) is 48.0 Å². The van der Waals surface area contributed by atoms with Crippen LogP contribution >= 0.6 is 15.9 Å². The fourth-order valence-corrected chi connectivity index (χ4v) is 2.98. The number of carbonyl (C=O) groups excluding carboxylic acids is 2. The van der Waals surface area contributed by atoms with Crippen molar-refractivity contribution < 1.29 is 14.3 Å². The van der Waals surface area contributed by atoms with E-state index in [1.165, 1.54) is 5.56 Å². The predicted octanol–water partition coefficient (Wildman–Crippen LogP) is 3.96. The highest BCUT2D eigenvalue weighted by atomic mass is 79.9. The molecule has 0 aromatic heterocycles. The van der Waals surface area contributed by atoms with Crippen LogP contribution in [0, 0.1) is 0 Å². The fraction of sp³-hybridized carbons (Fsp3) is 0.263. The summed E-state index contributed by atoms with van der Waals surface area (Å²) in [5.74, 6) is -1.27. The smallest absolute Gasteiger partial charge is 0.339 e. The first-order valence-corrected chi connectivity index (χ1v) is 8.63. The summed E-state index contributed by atoms with van der Waals surface area (Å²) in [4.78, 5) is 24.2. The van der Waals surface area contributed by atoms with Crippen molar-refractivity contribution in [3.8, 4) is 0 Å². The van der Waals surface area contributed by atoms with E-state index in [-0.39, 0.29) is 0 Å². The maximum absolute atomic E-state index is 12.4. The molecule has 2 aromatic carbocycles. The number of aryl methyl sites for hydroxylation is 2. The van der Waals surface area contributed by atoms with Crippen LogP contribution in [0.25, 0.3) is 0 Å². The summed E-state index contributed by atoms with van der Waals surface area (Å²) < 4.78 is 6.16. The van der Waals surface area contributed by atoms with Crippen molar-refractivity contribution in [1.82, 2.24) is 0 Å². The summed E-state index contributed by atoms with van der Waals surface area (Å²) in [5, 5.41) is 0. The third-order valence-electron chi connectivity index (χ3n) is 3.84. The van der Waals surface area contributed by atoms with Crippen molar-refractivity contribution in [2.24, 2.45) is 5.73 Å². The zero-order valence-electron chi connectivity index (χ0n) is 13.7. The molecule has 0 saturated heterocycles. The molecule has 0 fully saturated rings. The van der Waals surface area contributed by atoms with Gasteiger partial charge in [-0.3, -0.25) is 4.79 Å². The lowest BCUT2D eigenvalue weighted by Gasteiger charge is -2.16. The summed E-state index contributed by atoms with van der Waals surface area (Å²) in [7, 11) is 0. The Kier molecular flexibility index (Phi) is 6.15. The van der Waals surface area contributed by atoms with Crippen LogP contribution in [0.3, 0.4) is 0 Å². The van der Waals surface area contributed by atoms with Gasteiger partial charge in [-0.2, -0.15) is 0 Å². The zero-order valence-corrected chi connectivity index (χ0v) is 15.3. The number of amides is 1. The molecule has 126 valence electrons. The molecule has 2 rings (SSSR count). The number of rotatable bonds is 6. The highest BCUT2D eigenvalue weighted by Gasteiger charge is 2.24. The largest absolute Gasteiger partial charge is 0.444 e. The van der Waals surface area contributed by atoms with E-state index in [9.17, 15) is 9.59 Å². The molecule has 2 N–H and O–H groups in total. The first kappa shape index (κ1) is 18.2. The molecule has 4 nitrogen and oxygen atoms in total. The number of ether oxygens (including phenoxy) is 1. The second kappa shape index (κ2) is 8.11. The minimum Gasteiger partial charge on any atom is -0.444 e. The molecule has 1 amide bonds. The molecule has 0 radical (unpaired) electrons. The molecule has 0 heterocycles. The Labute approximate surface area is 150 Å². The highest BCUT2D eigenvalue weighted by Crippen LogP contribution is 2.23. The van der Waals surface area contributed by atoms with E-state index in [4.69, 9.17) is 10.5 Å². The van der Waals surface area contributed by atoms with Gasteiger partial charge < -0.3 is 10.5 Å². The average molecular weight is 390 g/mol. The topological polar surface area (TPSA) is 69.4 Å². The number of primary amides is 1. The van der Waals surface area contributed by atoms with Gasteiger partial charge in [0.25, 0.3) is 5.91 Å². The van der Waals surface area contributed by atoms with Crippen molar-refractivity contribution >= 4 is 27.8 Å². The molecular weight excluding hydrogens is 370 g/mol. The Hall–Kier alpha value is -2.14. The summed E-state index contributed by atoms with van der Waals surface area (Å²) in [6.07, 6.45) is 0.612. The van der Waals surface area contributed by atoms with E-state index in [1.807, 2.05) is 25.1 Å². The van der Waals surface area contributed by atoms with Gasteiger partial charge in [0.2, 0.25) is 6.10 Å². The van der Waals surface area contributed by atoms with E-state index in [0.717, 1.165) is 22.9 Å². The van der Waals surface area contributed by atoms with Gasteiger partial charge in [-0.05, 0) is 48.2 Å². The minimum absolute atomic E-state index is 0.422. The predicted molar refractivity (Wildman–Crippen MR) is 96.7 cm³/mol. The van der Waals surface area contributed by atoms with Gasteiger partial charge in [-0.15, -0.1) is 0 Å². The Morgan fingerprint density at radius 3 is 2.38 bits per heavy atom. The second-order valence-electron chi connectivity index (χ2n) is 5.43. The first-order valence-electron chi connectivity index (χ1n) is 7.83. The van der Waals surface area contributed by atoms with Gasteiger partial charge in [0.05, 0.1) is 5.56 Å². The van der Waals surface area contributed by atoms with Crippen LogP contribution < -0.4 is 5.73 Å². The van der Waals surface area contributed by atoms with Crippen molar-refractivity contribution in [2.75, 3.05) is 0 Å². The van der Waals surface area contributed by atoms with Crippen LogP contribution in [0.2, 0.25) is 0 Å². The van der Waals surface area contributed by atoms with E-state index < -0.39 is 18.0 Å². The van der Waals surface area contributed by atoms with Gasteiger partial charge >= 0.3 is 5.97 Å². The van der Waals surface area contributed by atoms with Crippen LogP contribution in [0.1, 0.15) is 47.0 Å². The van der Waals surface area contributed by atoms with Crippen molar-refractivity contribution in [1.29, 1.82) is 0 Å². The van der Waals surface area contributed by atoms with Gasteiger partial charge in [-0.25, -0.2) is 4.79 Å². The number of halogens is 1. The fourth-order valence-electron chi connectivity index (χ4n) is 2.56. The molecule has 0 saturated carbocycles. The molecule has 2 aromatic rings. The molecule has 5 heteroatoms. The van der Waals surface area contributed by atoms with E-state index >= 15 is 0 Å². The maximum Gasteiger partial charge on any atom is 0.339 e. The van der Waals surface area contributed by atoms with Gasteiger partial charge in [0.1, 0.15) is 0 Å². The lowest BCUT2D eigenvalue weighted by molar-refractivity contribution is -0.127.